The van der Waals surface area contributed by atoms with Crippen LogP contribution >= 0.6 is 0 Å². The first-order valence-electron chi connectivity index (χ1n) is 5.62. The van der Waals surface area contributed by atoms with Crippen LogP contribution in [-0.4, -0.2) is 28.0 Å². The molecule has 0 saturated heterocycles. The molecule has 1 aromatic carbocycles. The van der Waals surface area contributed by atoms with E-state index < -0.39 is 5.97 Å². The molecule has 1 heterocycles. The summed E-state index contributed by atoms with van der Waals surface area (Å²) in [6, 6.07) is 6.85. The number of esters is 1. The third-order valence-corrected chi connectivity index (χ3v) is 2.72. The molecule has 0 aliphatic carbocycles. The molecule has 1 N–H and O–H groups in total. The van der Waals surface area contributed by atoms with Gasteiger partial charge in [-0.05, 0) is 18.6 Å². The average Bonchev–Trinajstić information content (AvgIpc) is 2.81. The standard InChI is InChI=1S/C13H14N2O3/c1-3-10-9(13(17)18-2)8-14-15(10)11-6-4-5-7-12(11)16/h4-8,16H,3H2,1-2H3. The molecule has 0 aliphatic heterocycles. The molecule has 5 heteroatoms. The van der Waals surface area contributed by atoms with E-state index in [1.807, 2.05) is 6.92 Å². The Morgan fingerprint density at radius 2 is 2.17 bits per heavy atom. The Labute approximate surface area is 105 Å². The average molecular weight is 246 g/mol. The monoisotopic (exact) mass is 246 g/mol. The van der Waals surface area contributed by atoms with E-state index in [9.17, 15) is 9.90 Å². The summed E-state index contributed by atoms with van der Waals surface area (Å²) in [4.78, 5) is 11.6. The molecular formula is C13H14N2O3. The second-order valence-electron chi connectivity index (χ2n) is 3.75. The van der Waals surface area contributed by atoms with E-state index in [1.165, 1.54) is 13.3 Å². The van der Waals surface area contributed by atoms with E-state index in [0.29, 0.717) is 23.4 Å². The predicted octanol–water partition coefficient (Wildman–Crippen LogP) is 1.93. The van der Waals surface area contributed by atoms with Crippen LogP contribution in [0.1, 0.15) is 23.0 Å². The summed E-state index contributed by atoms with van der Waals surface area (Å²) in [5, 5.41) is 14.0. The van der Waals surface area contributed by atoms with Gasteiger partial charge in [0.1, 0.15) is 17.0 Å². The number of benzene rings is 1. The third kappa shape index (κ3) is 1.95. The molecular weight excluding hydrogens is 232 g/mol. The molecule has 2 rings (SSSR count). The van der Waals surface area contributed by atoms with Gasteiger partial charge in [-0.2, -0.15) is 5.10 Å². The molecule has 0 fully saturated rings. The zero-order valence-corrected chi connectivity index (χ0v) is 10.3. The Balaban J connectivity index is 2.56. The quantitative estimate of drug-likeness (QED) is 0.840. The van der Waals surface area contributed by atoms with Crippen LogP contribution in [0, 0.1) is 0 Å². The Bertz CT molecular complexity index is 575. The number of para-hydroxylation sites is 2. The van der Waals surface area contributed by atoms with Gasteiger partial charge in [0, 0.05) is 0 Å². The Morgan fingerprint density at radius 3 is 2.78 bits per heavy atom. The van der Waals surface area contributed by atoms with Gasteiger partial charge in [0.05, 0.1) is 19.0 Å². The van der Waals surface area contributed by atoms with Crippen molar-refractivity contribution in [2.24, 2.45) is 0 Å². The molecule has 0 atom stereocenters. The lowest BCUT2D eigenvalue weighted by molar-refractivity contribution is 0.0599. The number of nitrogens with zero attached hydrogens (tertiary/aromatic N) is 2. The largest absolute Gasteiger partial charge is 0.506 e. The van der Waals surface area contributed by atoms with Crippen LogP contribution in [-0.2, 0) is 11.2 Å². The SMILES string of the molecule is CCc1c(C(=O)OC)cnn1-c1ccccc1O. The normalized spacial score (nSPS) is 10.3. The molecule has 1 aromatic heterocycles. The molecule has 0 radical (unpaired) electrons. The minimum Gasteiger partial charge on any atom is -0.506 e. The van der Waals surface area contributed by atoms with Gasteiger partial charge in [-0.15, -0.1) is 0 Å². The molecule has 0 saturated carbocycles. The van der Waals surface area contributed by atoms with Crippen molar-refractivity contribution in [1.29, 1.82) is 0 Å². The van der Waals surface area contributed by atoms with Crippen LogP contribution in [0.3, 0.4) is 0 Å². The van der Waals surface area contributed by atoms with Crippen molar-refractivity contribution in [2.75, 3.05) is 7.11 Å². The van der Waals surface area contributed by atoms with Crippen molar-refractivity contribution in [1.82, 2.24) is 9.78 Å². The molecule has 0 spiro atoms. The highest BCUT2D eigenvalue weighted by Gasteiger charge is 2.18. The number of hydrogen-bond acceptors (Lipinski definition) is 4. The number of aromatic hydroxyl groups is 1. The number of hydrogen-bond donors (Lipinski definition) is 1. The lowest BCUT2D eigenvalue weighted by Gasteiger charge is -2.08. The van der Waals surface area contributed by atoms with Crippen LogP contribution in [0.2, 0.25) is 0 Å². The van der Waals surface area contributed by atoms with Crippen molar-refractivity contribution < 1.29 is 14.6 Å². The van der Waals surface area contributed by atoms with E-state index in [2.05, 4.69) is 5.10 Å². The van der Waals surface area contributed by atoms with E-state index in [0.717, 1.165) is 0 Å². The van der Waals surface area contributed by atoms with Crippen LogP contribution in [0.15, 0.2) is 30.5 Å². The van der Waals surface area contributed by atoms with Gasteiger partial charge in [0.25, 0.3) is 0 Å². The number of carbonyl (C=O) groups is 1. The Morgan fingerprint density at radius 1 is 1.44 bits per heavy atom. The maximum Gasteiger partial charge on any atom is 0.341 e. The number of aromatic nitrogens is 2. The maximum absolute atomic E-state index is 11.6. The molecule has 94 valence electrons. The van der Waals surface area contributed by atoms with Crippen LogP contribution < -0.4 is 0 Å². The number of rotatable bonds is 3. The highest BCUT2D eigenvalue weighted by Crippen LogP contribution is 2.23. The zero-order valence-electron chi connectivity index (χ0n) is 10.3. The Hall–Kier alpha value is -2.30. The van der Waals surface area contributed by atoms with Crippen molar-refractivity contribution in [2.45, 2.75) is 13.3 Å². The van der Waals surface area contributed by atoms with E-state index in [-0.39, 0.29) is 5.75 Å². The predicted molar refractivity (Wildman–Crippen MR) is 65.9 cm³/mol. The third-order valence-electron chi connectivity index (χ3n) is 2.72. The van der Waals surface area contributed by atoms with Crippen molar-refractivity contribution in [3.63, 3.8) is 0 Å². The van der Waals surface area contributed by atoms with Crippen molar-refractivity contribution >= 4 is 5.97 Å². The van der Waals surface area contributed by atoms with Gasteiger partial charge in [0.15, 0.2) is 0 Å². The Kier molecular flexibility index (Phi) is 3.32. The summed E-state index contributed by atoms with van der Waals surface area (Å²) in [5.74, 6) is -0.305. The van der Waals surface area contributed by atoms with Gasteiger partial charge in [0.2, 0.25) is 0 Å². The zero-order chi connectivity index (χ0) is 13.1. The number of ether oxygens (including phenoxy) is 1. The highest BCUT2D eigenvalue weighted by molar-refractivity contribution is 5.90. The molecule has 2 aromatic rings. The molecule has 0 aliphatic rings. The summed E-state index contributed by atoms with van der Waals surface area (Å²) in [5.41, 5.74) is 1.68. The fourth-order valence-electron chi connectivity index (χ4n) is 1.85. The van der Waals surface area contributed by atoms with Crippen LogP contribution in [0.25, 0.3) is 5.69 Å². The van der Waals surface area contributed by atoms with Gasteiger partial charge in [-0.25, -0.2) is 9.48 Å². The summed E-state index contributed by atoms with van der Waals surface area (Å²) >= 11 is 0. The minimum atomic E-state index is -0.423. The minimum absolute atomic E-state index is 0.117. The molecule has 0 unspecified atom stereocenters. The van der Waals surface area contributed by atoms with Gasteiger partial charge < -0.3 is 9.84 Å². The number of phenolic OH excluding ortho intramolecular Hbond substituents is 1. The number of methoxy groups -OCH3 is 1. The lowest BCUT2D eigenvalue weighted by atomic mass is 10.2. The lowest BCUT2D eigenvalue weighted by Crippen LogP contribution is -2.07. The molecule has 0 amide bonds. The number of carbonyl (C=O) groups excluding carboxylic acids is 1. The van der Waals surface area contributed by atoms with E-state index in [1.54, 1.807) is 28.9 Å². The highest BCUT2D eigenvalue weighted by atomic mass is 16.5. The second kappa shape index (κ2) is 4.91. The first kappa shape index (κ1) is 12.2. The molecule has 5 nitrogen and oxygen atoms in total. The first-order valence-corrected chi connectivity index (χ1v) is 5.62. The summed E-state index contributed by atoms with van der Waals surface area (Å²) in [6.45, 7) is 1.92. The van der Waals surface area contributed by atoms with Crippen molar-refractivity contribution in [3.05, 3.63) is 41.7 Å². The summed E-state index contributed by atoms with van der Waals surface area (Å²) in [7, 11) is 1.33. The van der Waals surface area contributed by atoms with Crippen molar-refractivity contribution in [3.8, 4) is 11.4 Å². The van der Waals surface area contributed by atoms with Crippen LogP contribution in [0.4, 0.5) is 0 Å². The second-order valence-corrected chi connectivity index (χ2v) is 3.75. The molecule has 18 heavy (non-hydrogen) atoms. The van der Waals surface area contributed by atoms with E-state index >= 15 is 0 Å². The fraction of sp³-hybridized carbons (Fsp3) is 0.231. The smallest absolute Gasteiger partial charge is 0.341 e. The van der Waals surface area contributed by atoms with Gasteiger partial charge >= 0.3 is 5.97 Å². The number of phenols is 1. The maximum atomic E-state index is 11.6. The fourth-order valence-corrected chi connectivity index (χ4v) is 1.85. The molecule has 0 bridgehead atoms. The first-order chi connectivity index (χ1) is 8.69. The van der Waals surface area contributed by atoms with Gasteiger partial charge in [-0.1, -0.05) is 19.1 Å². The summed E-state index contributed by atoms with van der Waals surface area (Å²) < 4.78 is 6.26. The van der Waals surface area contributed by atoms with Gasteiger partial charge in [-0.3, -0.25) is 0 Å². The van der Waals surface area contributed by atoms with E-state index in [4.69, 9.17) is 4.74 Å². The summed E-state index contributed by atoms with van der Waals surface area (Å²) in [6.07, 6.45) is 2.07. The van der Waals surface area contributed by atoms with Crippen LogP contribution in [0.5, 0.6) is 5.75 Å². The topological polar surface area (TPSA) is 64.3 Å².